The minimum atomic E-state index is 0.185. The zero-order valence-corrected chi connectivity index (χ0v) is 11.4. The average molecular weight is 261 g/mol. The number of aromatic nitrogens is 1. The van der Waals surface area contributed by atoms with Crippen LogP contribution in [-0.2, 0) is 0 Å². The first kappa shape index (κ1) is 13.8. The third-order valence-electron chi connectivity index (χ3n) is 2.75. The molecular weight excluding hydrogens is 243 g/mol. The molecular formula is C12H18Cl2N2. The van der Waals surface area contributed by atoms with Gasteiger partial charge in [-0.2, -0.15) is 0 Å². The highest BCUT2D eigenvalue weighted by molar-refractivity contribution is 6.34. The zero-order chi connectivity index (χ0) is 12.1. The molecule has 0 amide bonds. The molecule has 0 aliphatic carbocycles. The molecule has 2 atom stereocenters. The molecule has 16 heavy (non-hydrogen) atoms. The van der Waals surface area contributed by atoms with E-state index in [0.29, 0.717) is 16.0 Å². The summed E-state index contributed by atoms with van der Waals surface area (Å²) < 4.78 is 0. The lowest BCUT2D eigenvalue weighted by Gasteiger charge is -2.23. The van der Waals surface area contributed by atoms with E-state index >= 15 is 0 Å². The Labute approximate surface area is 107 Å². The van der Waals surface area contributed by atoms with E-state index in [2.05, 4.69) is 24.1 Å². The third kappa shape index (κ3) is 3.34. The minimum absolute atomic E-state index is 0.185. The van der Waals surface area contributed by atoms with Gasteiger partial charge in [-0.25, -0.2) is 0 Å². The van der Waals surface area contributed by atoms with Crippen molar-refractivity contribution in [2.45, 2.75) is 32.7 Å². The quantitative estimate of drug-likeness (QED) is 0.863. The van der Waals surface area contributed by atoms with Crippen molar-refractivity contribution in [3.05, 3.63) is 28.0 Å². The van der Waals surface area contributed by atoms with Crippen LogP contribution < -0.4 is 5.32 Å². The summed E-state index contributed by atoms with van der Waals surface area (Å²) in [5, 5.41) is 4.48. The van der Waals surface area contributed by atoms with Gasteiger partial charge in [0.15, 0.2) is 0 Å². The van der Waals surface area contributed by atoms with Crippen LogP contribution in [0.25, 0.3) is 0 Å². The van der Waals surface area contributed by atoms with Gasteiger partial charge in [-0.1, -0.05) is 43.5 Å². The SMILES string of the molecule is CCCC(C)C(NC)c1ncc(Cl)cc1Cl. The first-order valence-electron chi connectivity index (χ1n) is 5.58. The second-order valence-electron chi connectivity index (χ2n) is 4.05. The van der Waals surface area contributed by atoms with Gasteiger partial charge in [0, 0.05) is 6.20 Å². The third-order valence-corrected chi connectivity index (χ3v) is 3.26. The van der Waals surface area contributed by atoms with Crippen molar-refractivity contribution in [3.63, 3.8) is 0 Å². The lowest BCUT2D eigenvalue weighted by Crippen LogP contribution is -2.24. The van der Waals surface area contributed by atoms with Crippen LogP contribution in [0.4, 0.5) is 0 Å². The molecule has 1 heterocycles. The smallest absolute Gasteiger partial charge is 0.0762 e. The molecule has 0 aromatic carbocycles. The number of hydrogen-bond acceptors (Lipinski definition) is 2. The van der Waals surface area contributed by atoms with E-state index < -0.39 is 0 Å². The number of hydrogen-bond donors (Lipinski definition) is 1. The van der Waals surface area contributed by atoms with Crippen LogP contribution in [0.15, 0.2) is 12.3 Å². The lowest BCUT2D eigenvalue weighted by molar-refractivity contribution is 0.377. The largest absolute Gasteiger partial charge is 0.311 e. The molecule has 0 aliphatic heterocycles. The van der Waals surface area contributed by atoms with Crippen molar-refractivity contribution in [3.8, 4) is 0 Å². The topological polar surface area (TPSA) is 24.9 Å². The highest BCUT2D eigenvalue weighted by Crippen LogP contribution is 2.30. The summed E-state index contributed by atoms with van der Waals surface area (Å²) in [5.41, 5.74) is 0.884. The van der Waals surface area contributed by atoms with E-state index in [0.717, 1.165) is 18.5 Å². The Hall–Kier alpha value is -0.310. The molecule has 0 saturated heterocycles. The Kier molecular flexibility index (Phi) is 5.53. The maximum Gasteiger partial charge on any atom is 0.0762 e. The molecule has 0 aliphatic rings. The molecule has 1 aromatic rings. The predicted octanol–water partition coefficient (Wildman–Crippen LogP) is 4.09. The summed E-state index contributed by atoms with van der Waals surface area (Å²) in [6.07, 6.45) is 3.95. The normalized spacial score (nSPS) is 14.8. The summed E-state index contributed by atoms with van der Waals surface area (Å²) in [6.45, 7) is 4.39. The molecule has 1 rings (SSSR count). The van der Waals surface area contributed by atoms with Crippen molar-refractivity contribution in [1.82, 2.24) is 10.3 Å². The highest BCUT2D eigenvalue weighted by Gasteiger charge is 2.20. The molecule has 0 fully saturated rings. The van der Waals surface area contributed by atoms with Crippen LogP contribution in [0, 0.1) is 5.92 Å². The van der Waals surface area contributed by atoms with Crippen LogP contribution in [0.3, 0.4) is 0 Å². The second-order valence-corrected chi connectivity index (χ2v) is 4.90. The standard InChI is InChI=1S/C12H18Cl2N2/c1-4-5-8(2)11(15-3)12-10(14)6-9(13)7-16-12/h6-8,11,15H,4-5H2,1-3H3. The summed E-state index contributed by atoms with van der Waals surface area (Å²) in [4.78, 5) is 4.33. The van der Waals surface area contributed by atoms with Gasteiger partial charge < -0.3 is 5.32 Å². The molecule has 1 aromatic heterocycles. The Balaban J connectivity index is 2.94. The van der Waals surface area contributed by atoms with Gasteiger partial charge in [0.25, 0.3) is 0 Å². The van der Waals surface area contributed by atoms with Crippen LogP contribution in [0.5, 0.6) is 0 Å². The summed E-state index contributed by atoms with van der Waals surface area (Å²) >= 11 is 12.0. The van der Waals surface area contributed by atoms with Crippen molar-refractivity contribution in [1.29, 1.82) is 0 Å². The van der Waals surface area contributed by atoms with Gasteiger partial charge in [0.1, 0.15) is 0 Å². The molecule has 4 heteroatoms. The van der Waals surface area contributed by atoms with Crippen LogP contribution in [0.1, 0.15) is 38.4 Å². The van der Waals surface area contributed by atoms with Gasteiger partial charge in [-0.15, -0.1) is 0 Å². The fourth-order valence-corrected chi connectivity index (χ4v) is 2.46. The van der Waals surface area contributed by atoms with Crippen LogP contribution in [0.2, 0.25) is 10.0 Å². The minimum Gasteiger partial charge on any atom is -0.311 e. The number of rotatable bonds is 5. The molecule has 2 nitrogen and oxygen atoms in total. The molecule has 90 valence electrons. The first-order chi connectivity index (χ1) is 7.60. The Morgan fingerprint density at radius 1 is 1.44 bits per heavy atom. The van der Waals surface area contributed by atoms with Crippen molar-refractivity contribution < 1.29 is 0 Å². The maximum atomic E-state index is 6.16. The van der Waals surface area contributed by atoms with E-state index in [-0.39, 0.29) is 6.04 Å². The average Bonchev–Trinajstić information content (AvgIpc) is 2.22. The van der Waals surface area contributed by atoms with Crippen molar-refractivity contribution in [2.24, 2.45) is 5.92 Å². The molecule has 1 N–H and O–H groups in total. The maximum absolute atomic E-state index is 6.16. The second kappa shape index (κ2) is 6.43. The van der Waals surface area contributed by atoms with Gasteiger partial charge in [0.2, 0.25) is 0 Å². The number of nitrogens with zero attached hydrogens (tertiary/aromatic N) is 1. The fraction of sp³-hybridized carbons (Fsp3) is 0.583. The van der Waals surface area contributed by atoms with E-state index in [1.165, 1.54) is 0 Å². The fourth-order valence-electron chi connectivity index (χ4n) is 1.97. The summed E-state index contributed by atoms with van der Waals surface area (Å²) in [5.74, 6) is 0.501. The van der Waals surface area contributed by atoms with Gasteiger partial charge in [-0.3, -0.25) is 4.98 Å². The highest BCUT2D eigenvalue weighted by atomic mass is 35.5. The molecule has 0 saturated carbocycles. The van der Waals surface area contributed by atoms with Gasteiger partial charge in [0.05, 0.1) is 21.8 Å². The van der Waals surface area contributed by atoms with Crippen LogP contribution in [-0.4, -0.2) is 12.0 Å². The molecule has 2 unspecified atom stereocenters. The van der Waals surface area contributed by atoms with Crippen molar-refractivity contribution >= 4 is 23.2 Å². The number of halogens is 2. The van der Waals surface area contributed by atoms with Gasteiger partial charge in [-0.05, 0) is 25.5 Å². The predicted molar refractivity (Wildman–Crippen MR) is 70.1 cm³/mol. The lowest BCUT2D eigenvalue weighted by atomic mass is 9.94. The van der Waals surface area contributed by atoms with E-state index in [9.17, 15) is 0 Å². The Bertz CT molecular complexity index is 342. The van der Waals surface area contributed by atoms with Gasteiger partial charge >= 0.3 is 0 Å². The van der Waals surface area contributed by atoms with E-state index in [1.54, 1.807) is 12.3 Å². The summed E-state index contributed by atoms with van der Waals surface area (Å²) in [7, 11) is 1.93. The molecule has 0 radical (unpaired) electrons. The molecule has 0 bridgehead atoms. The van der Waals surface area contributed by atoms with E-state index in [4.69, 9.17) is 23.2 Å². The monoisotopic (exact) mass is 260 g/mol. The number of nitrogens with one attached hydrogen (secondary N) is 1. The summed E-state index contributed by atoms with van der Waals surface area (Å²) in [6, 6.07) is 1.93. The van der Waals surface area contributed by atoms with E-state index in [1.807, 2.05) is 7.05 Å². The Morgan fingerprint density at radius 2 is 2.12 bits per heavy atom. The molecule has 0 spiro atoms. The number of pyridine rings is 1. The van der Waals surface area contributed by atoms with Crippen molar-refractivity contribution in [2.75, 3.05) is 7.05 Å². The first-order valence-corrected chi connectivity index (χ1v) is 6.34. The Morgan fingerprint density at radius 3 is 2.62 bits per heavy atom. The van der Waals surface area contributed by atoms with Crippen LogP contribution >= 0.6 is 23.2 Å². The zero-order valence-electron chi connectivity index (χ0n) is 9.93.